The minimum Gasteiger partial charge on any atom is -0.344 e. The molecule has 1 aromatic rings. The first kappa shape index (κ1) is 14.1. The molecule has 1 aliphatic heterocycles. The van der Waals surface area contributed by atoms with Crippen molar-refractivity contribution in [2.45, 2.75) is 26.3 Å². The van der Waals surface area contributed by atoms with Crippen molar-refractivity contribution in [2.75, 3.05) is 33.2 Å². The van der Waals surface area contributed by atoms with E-state index in [-0.39, 0.29) is 11.8 Å². The quantitative estimate of drug-likeness (QED) is 0.772. The molecule has 2 rings (SSSR count). The van der Waals surface area contributed by atoms with Crippen LogP contribution in [0.1, 0.15) is 19.8 Å². The van der Waals surface area contributed by atoms with Gasteiger partial charge in [-0.25, -0.2) is 4.98 Å². The Morgan fingerprint density at radius 3 is 2.79 bits per heavy atom. The van der Waals surface area contributed by atoms with Crippen LogP contribution in [-0.4, -0.2) is 58.5 Å². The second-order valence-electron chi connectivity index (χ2n) is 5.47. The largest absolute Gasteiger partial charge is 0.344 e. The van der Waals surface area contributed by atoms with Crippen LogP contribution in [0.4, 0.5) is 0 Å². The Morgan fingerprint density at radius 1 is 1.42 bits per heavy atom. The highest BCUT2D eigenvalue weighted by molar-refractivity contribution is 5.78. The van der Waals surface area contributed by atoms with Gasteiger partial charge in [0.2, 0.25) is 5.91 Å². The monoisotopic (exact) mass is 264 g/mol. The van der Waals surface area contributed by atoms with Gasteiger partial charge in [0, 0.05) is 45.0 Å². The lowest BCUT2D eigenvalue weighted by atomic mass is 10.1. The molecule has 2 heterocycles. The van der Waals surface area contributed by atoms with Gasteiger partial charge in [-0.3, -0.25) is 4.79 Å². The molecule has 1 amide bonds. The van der Waals surface area contributed by atoms with Crippen molar-refractivity contribution in [3.8, 4) is 0 Å². The molecule has 1 saturated heterocycles. The molecule has 19 heavy (non-hydrogen) atoms. The zero-order valence-corrected chi connectivity index (χ0v) is 12.0. The van der Waals surface area contributed by atoms with Gasteiger partial charge in [0.25, 0.3) is 0 Å². The summed E-state index contributed by atoms with van der Waals surface area (Å²) in [7, 11) is 1.89. The van der Waals surface area contributed by atoms with Gasteiger partial charge in [-0.1, -0.05) is 6.92 Å². The van der Waals surface area contributed by atoms with Crippen molar-refractivity contribution >= 4 is 5.91 Å². The number of likely N-dealkylation sites (tertiary alicyclic amines) is 1. The molecule has 0 radical (unpaired) electrons. The van der Waals surface area contributed by atoms with E-state index in [9.17, 15) is 4.79 Å². The van der Waals surface area contributed by atoms with Crippen molar-refractivity contribution in [1.82, 2.24) is 19.4 Å². The van der Waals surface area contributed by atoms with Gasteiger partial charge in [0.05, 0.1) is 6.33 Å². The zero-order chi connectivity index (χ0) is 13.7. The lowest BCUT2D eigenvalue weighted by Crippen LogP contribution is -2.39. The number of hydrogen-bond donors (Lipinski definition) is 0. The van der Waals surface area contributed by atoms with Crippen LogP contribution in [0.25, 0.3) is 0 Å². The molecule has 1 aromatic heterocycles. The van der Waals surface area contributed by atoms with Crippen molar-refractivity contribution in [1.29, 1.82) is 0 Å². The molecule has 5 heteroatoms. The van der Waals surface area contributed by atoms with Crippen LogP contribution < -0.4 is 0 Å². The first-order valence-electron chi connectivity index (χ1n) is 7.10. The van der Waals surface area contributed by atoms with E-state index in [4.69, 9.17) is 0 Å². The van der Waals surface area contributed by atoms with Crippen LogP contribution in [-0.2, 0) is 11.3 Å². The third-order valence-electron chi connectivity index (χ3n) is 3.78. The van der Waals surface area contributed by atoms with Gasteiger partial charge in [0.15, 0.2) is 0 Å². The average molecular weight is 264 g/mol. The second-order valence-corrected chi connectivity index (χ2v) is 5.47. The highest BCUT2D eigenvalue weighted by Crippen LogP contribution is 2.11. The van der Waals surface area contributed by atoms with Crippen molar-refractivity contribution in [2.24, 2.45) is 5.92 Å². The summed E-state index contributed by atoms with van der Waals surface area (Å²) in [6.45, 7) is 6.77. The van der Waals surface area contributed by atoms with Crippen molar-refractivity contribution in [3.05, 3.63) is 18.7 Å². The number of nitrogens with zero attached hydrogens (tertiary/aromatic N) is 4. The van der Waals surface area contributed by atoms with Crippen molar-refractivity contribution < 1.29 is 4.79 Å². The number of hydrogen-bond acceptors (Lipinski definition) is 3. The molecule has 0 aliphatic carbocycles. The van der Waals surface area contributed by atoms with E-state index in [1.54, 1.807) is 12.5 Å². The summed E-state index contributed by atoms with van der Waals surface area (Å²) in [4.78, 5) is 20.5. The minimum absolute atomic E-state index is 0.0888. The number of carbonyl (C=O) groups excluding carboxylic acids is 1. The first-order chi connectivity index (χ1) is 9.16. The molecule has 1 aliphatic rings. The number of aromatic nitrogens is 2. The zero-order valence-electron chi connectivity index (χ0n) is 12.0. The Hall–Kier alpha value is -1.36. The maximum atomic E-state index is 12.3. The predicted octanol–water partition coefficient (Wildman–Crippen LogP) is 1.07. The average Bonchev–Trinajstić information content (AvgIpc) is 3.07. The number of carbonyl (C=O) groups is 1. The van der Waals surface area contributed by atoms with Gasteiger partial charge in [-0.05, 0) is 25.9 Å². The van der Waals surface area contributed by atoms with E-state index in [0.717, 1.165) is 32.7 Å². The highest BCUT2D eigenvalue weighted by Gasteiger charge is 2.21. The van der Waals surface area contributed by atoms with E-state index >= 15 is 0 Å². The topological polar surface area (TPSA) is 41.4 Å². The predicted molar refractivity (Wildman–Crippen MR) is 74.7 cm³/mol. The summed E-state index contributed by atoms with van der Waals surface area (Å²) in [6, 6.07) is 0. The molecule has 0 aromatic carbocycles. The Labute approximate surface area is 115 Å². The third-order valence-corrected chi connectivity index (χ3v) is 3.78. The fourth-order valence-corrected chi connectivity index (χ4v) is 2.60. The van der Waals surface area contributed by atoms with Crippen molar-refractivity contribution in [3.63, 3.8) is 0 Å². The molecule has 1 fully saturated rings. The summed E-state index contributed by atoms with van der Waals surface area (Å²) in [6.07, 6.45) is 8.02. The fraction of sp³-hybridized carbons (Fsp3) is 0.714. The van der Waals surface area contributed by atoms with Crippen LogP contribution in [0, 0.1) is 5.92 Å². The molecule has 0 N–H and O–H groups in total. The molecular weight excluding hydrogens is 240 g/mol. The maximum Gasteiger partial charge on any atom is 0.226 e. The summed E-state index contributed by atoms with van der Waals surface area (Å²) < 4.78 is 1.99. The van der Waals surface area contributed by atoms with Gasteiger partial charge >= 0.3 is 0 Å². The van der Waals surface area contributed by atoms with E-state index in [1.807, 2.05) is 29.6 Å². The van der Waals surface area contributed by atoms with E-state index in [2.05, 4.69) is 9.88 Å². The molecule has 106 valence electrons. The number of amides is 1. The van der Waals surface area contributed by atoms with Crippen LogP contribution in [0.5, 0.6) is 0 Å². The van der Waals surface area contributed by atoms with E-state index in [1.165, 1.54) is 12.8 Å². The molecule has 0 saturated carbocycles. The lowest BCUT2D eigenvalue weighted by molar-refractivity contribution is -0.134. The first-order valence-corrected chi connectivity index (χ1v) is 7.10. The normalized spacial score (nSPS) is 17.6. The lowest BCUT2D eigenvalue weighted by Gasteiger charge is -2.24. The molecule has 5 nitrogen and oxygen atoms in total. The maximum absolute atomic E-state index is 12.3. The Morgan fingerprint density at radius 2 is 2.16 bits per heavy atom. The van der Waals surface area contributed by atoms with E-state index < -0.39 is 0 Å². The van der Waals surface area contributed by atoms with E-state index in [0.29, 0.717) is 0 Å². The Kier molecular flexibility index (Phi) is 4.96. The number of rotatable bonds is 6. The SMILES string of the molecule is CC(CN1CCCC1)C(=O)N(C)CCn1ccnc1. The number of imidazole rings is 1. The summed E-state index contributed by atoms with van der Waals surface area (Å²) in [5.41, 5.74) is 0. The molecule has 1 atom stereocenters. The number of likely N-dealkylation sites (N-methyl/N-ethyl adjacent to an activating group) is 1. The van der Waals surface area contributed by atoms with Gasteiger partial charge in [-0.2, -0.15) is 0 Å². The highest BCUT2D eigenvalue weighted by atomic mass is 16.2. The molecular formula is C14H24N4O. The second kappa shape index (κ2) is 6.70. The standard InChI is InChI=1S/C14H24N4O/c1-13(11-17-6-3-4-7-17)14(19)16(2)9-10-18-8-5-15-12-18/h5,8,12-13H,3-4,6-7,9-11H2,1-2H3. The molecule has 0 spiro atoms. The van der Waals surface area contributed by atoms with Gasteiger partial charge in [0.1, 0.15) is 0 Å². The van der Waals surface area contributed by atoms with Crippen LogP contribution in [0.3, 0.4) is 0 Å². The fourth-order valence-electron chi connectivity index (χ4n) is 2.60. The summed E-state index contributed by atoms with van der Waals surface area (Å²) in [5, 5.41) is 0. The van der Waals surface area contributed by atoms with Gasteiger partial charge in [-0.15, -0.1) is 0 Å². The molecule has 0 bridgehead atoms. The molecule has 1 unspecified atom stereocenters. The summed E-state index contributed by atoms with van der Waals surface area (Å²) >= 11 is 0. The minimum atomic E-state index is 0.0888. The van der Waals surface area contributed by atoms with Crippen LogP contribution >= 0.6 is 0 Å². The smallest absolute Gasteiger partial charge is 0.226 e. The third kappa shape index (κ3) is 4.06. The Bertz CT molecular complexity index is 384. The van der Waals surface area contributed by atoms with Crippen LogP contribution in [0.2, 0.25) is 0 Å². The summed E-state index contributed by atoms with van der Waals surface area (Å²) in [5.74, 6) is 0.331. The van der Waals surface area contributed by atoms with Gasteiger partial charge < -0.3 is 14.4 Å². The Balaban J connectivity index is 1.74. The van der Waals surface area contributed by atoms with Crippen LogP contribution in [0.15, 0.2) is 18.7 Å².